The summed E-state index contributed by atoms with van der Waals surface area (Å²) in [6, 6.07) is 6.68. The van der Waals surface area contributed by atoms with Gasteiger partial charge in [0, 0.05) is 32.7 Å². The third-order valence-corrected chi connectivity index (χ3v) is 4.85. The van der Waals surface area contributed by atoms with E-state index in [1.807, 2.05) is 13.8 Å². The van der Waals surface area contributed by atoms with Gasteiger partial charge >= 0.3 is 0 Å². The molecular formula is C20H14O4. The van der Waals surface area contributed by atoms with E-state index in [1.165, 1.54) is 0 Å². The molecule has 118 valence electrons. The zero-order chi connectivity index (χ0) is 17.2. The van der Waals surface area contributed by atoms with Crippen LogP contribution in [0.4, 0.5) is 0 Å². The van der Waals surface area contributed by atoms with Gasteiger partial charge in [0.1, 0.15) is 0 Å². The highest BCUT2D eigenvalue weighted by Gasteiger charge is 2.25. The predicted molar refractivity (Wildman–Crippen MR) is 95.5 cm³/mol. The summed E-state index contributed by atoms with van der Waals surface area (Å²) in [5.41, 5.74) is 0.0333. The molecule has 0 spiro atoms. The lowest BCUT2D eigenvalue weighted by molar-refractivity contribution is 1.14. The van der Waals surface area contributed by atoms with Crippen molar-refractivity contribution in [2.75, 3.05) is 0 Å². The maximum absolute atomic E-state index is 12.6. The summed E-state index contributed by atoms with van der Waals surface area (Å²) in [6.07, 6.45) is 1.22. The quantitative estimate of drug-likeness (QED) is 0.419. The van der Waals surface area contributed by atoms with Crippen LogP contribution in [0.25, 0.3) is 32.7 Å². The topological polar surface area (TPSA) is 68.3 Å². The summed E-state index contributed by atoms with van der Waals surface area (Å²) in [5, 5.41) is 0.975. The fraction of sp³-hybridized carbons (Fsp3) is 0.200. The second-order valence-corrected chi connectivity index (χ2v) is 6.16. The van der Waals surface area contributed by atoms with E-state index >= 15 is 0 Å². The smallest absolute Gasteiger partial charge is 0.234 e. The SMILES string of the molecule is CCc1cc2c3c(c1)c(=O)c(=O)c1cc(CC)cc(c1-3)c(=O)c2=O. The van der Waals surface area contributed by atoms with Crippen molar-refractivity contribution in [3.8, 4) is 11.1 Å². The Labute approximate surface area is 136 Å². The predicted octanol–water partition coefficient (Wildman–Crippen LogP) is 1.98. The summed E-state index contributed by atoms with van der Waals surface area (Å²) >= 11 is 0. The number of benzene rings is 4. The zero-order valence-corrected chi connectivity index (χ0v) is 13.4. The molecule has 0 fully saturated rings. The van der Waals surface area contributed by atoms with Crippen LogP contribution in [-0.4, -0.2) is 0 Å². The van der Waals surface area contributed by atoms with Gasteiger partial charge in [-0.05, 0) is 48.2 Å². The van der Waals surface area contributed by atoms with Crippen molar-refractivity contribution in [2.45, 2.75) is 26.7 Å². The minimum Gasteiger partial charge on any atom is -0.285 e. The van der Waals surface area contributed by atoms with Crippen molar-refractivity contribution < 1.29 is 0 Å². The van der Waals surface area contributed by atoms with E-state index in [-0.39, 0.29) is 21.5 Å². The molecule has 2 aliphatic rings. The van der Waals surface area contributed by atoms with Crippen molar-refractivity contribution >= 4 is 21.5 Å². The first-order valence-electron chi connectivity index (χ1n) is 8.00. The lowest BCUT2D eigenvalue weighted by atomic mass is 9.84. The monoisotopic (exact) mass is 318 g/mol. The molecule has 0 N–H and O–H groups in total. The van der Waals surface area contributed by atoms with Gasteiger partial charge in [0.05, 0.1) is 0 Å². The molecule has 0 bridgehead atoms. The Bertz CT molecular complexity index is 1100. The van der Waals surface area contributed by atoms with Crippen LogP contribution in [0.15, 0.2) is 43.4 Å². The molecule has 24 heavy (non-hydrogen) atoms. The van der Waals surface area contributed by atoms with Gasteiger partial charge in [-0.15, -0.1) is 0 Å². The van der Waals surface area contributed by atoms with E-state index in [1.54, 1.807) is 24.3 Å². The normalized spacial score (nSPS) is 11.9. The maximum Gasteiger partial charge on any atom is 0.234 e. The first-order valence-corrected chi connectivity index (χ1v) is 8.00. The Balaban J connectivity index is 2.49. The number of hydrogen-bond donors (Lipinski definition) is 0. The minimum atomic E-state index is -0.601. The average Bonchev–Trinajstić information content (AvgIpc) is 2.61. The zero-order valence-electron chi connectivity index (χ0n) is 13.4. The number of aryl methyl sites for hydroxylation is 2. The summed E-state index contributed by atoms with van der Waals surface area (Å²) in [6.45, 7) is 3.79. The highest BCUT2D eigenvalue weighted by atomic mass is 16.2. The second kappa shape index (κ2) is 4.81. The van der Waals surface area contributed by atoms with E-state index in [0.717, 1.165) is 11.1 Å². The molecule has 4 nitrogen and oxygen atoms in total. The third kappa shape index (κ3) is 1.68. The average molecular weight is 318 g/mol. The van der Waals surface area contributed by atoms with Crippen LogP contribution in [0, 0.1) is 0 Å². The summed E-state index contributed by atoms with van der Waals surface area (Å²) < 4.78 is 0. The Hall–Kier alpha value is -2.88. The van der Waals surface area contributed by atoms with Crippen molar-refractivity contribution in [1.29, 1.82) is 0 Å². The molecule has 0 saturated carbocycles. The lowest BCUT2D eigenvalue weighted by Gasteiger charge is -2.16. The molecule has 0 atom stereocenters. The van der Waals surface area contributed by atoms with Crippen LogP contribution in [0.1, 0.15) is 25.0 Å². The van der Waals surface area contributed by atoms with Crippen molar-refractivity contribution in [2.24, 2.45) is 0 Å². The van der Waals surface area contributed by atoms with Crippen LogP contribution in [0.5, 0.6) is 0 Å². The summed E-state index contributed by atoms with van der Waals surface area (Å²) in [7, 11) is 0. The van der Waals surface area contributed by atoms with Gasteiger partial charge in [-0.3, -0.25) is 19.2 Å². The number of hydrogen-bond acceptors (Lipinski definition) is 4. The summed E-state index contributed by atoms with van der Waals surface area (Å²) in [4.78, 5) is 50.3. The lowest BCUT2D eigenvalue weighted by Crippen LogP contribution is -2.31. The minimum absolute atomic E-state index is 0.244. The number of rotatable bonds is 2. The van der Waals surface area contributed by atoms with Crippen molar-refractivity contribution in [1.82, 2.24) is 0 Å². The highest BCUT2D eigenvalue weighted by molar-refractivity contribution is 6.11. The van der Waals surface area contributed by atoms with Gasteiger partial charge < -0.3 is 0 Å². The van der Waals surface area contributed by atoms with Gasteiger partial charge in [0.15, 0.2) is 0 Å². The Kier molecular flexibility index (Phi) is 2.94. The molecule has 0 unspecified atom stereocenters. The Morgan fingerprint density at radius 3 is 1.00 bits per heavy atom. The molecule has 2 aromatic carbocycles. The van der Waals surface area contributed by atoms with Crippen LogP contribution >= 0.6 is 0 Å². The third-order valence-electron chi connectivity index (χ3n) is 4.85. The largest absolute Gasteiger partial charge is 0.285 e. The molecule has 0 amide bonds. The summed E-state index contributed by atoms with van der Waals surface area (Å²) in [5.74, 6) is 0. The van der Waals surface area contributed by atoms with Crippen LogP contribution in [0.3, 0.4) is 0 Å². The van der Waals surface area contributed by atoms with Gasteiger partial charge in [-0.25, -0.2) is 0 Å². The van der Waals surface area contributed by atoms with E-state index in [2.05, 4.69) is 0 Å². The van der Waals surface area contributed by atoms with Gasteiger partial charge in [-0.1, -0.05) is 13.8 Å². The molecule has 2 aromatic rings. The van der Waals surface area contributed by atoms with Gasteiger partial charge in [0.25, 0.3) is 0 Å². The fourth-order valence-electron chi connectivity index (χ4n) is 3.56. The van der Waals surface area contributed by atoms with Crippen molar-refractivity contribution in [3.05, 3.63) is 76.3 Å². The van der Waals surface area contributed by atoms with Crippen molar-refractivity contribution in [3.63, 3.8) is 0 Å². The maximum atomic E-state index is 12.6. The molecule has 0 aliphatic heterocycles. The Morgan fingerprint density at radius 1 is 0.542 bits per heavy atom. The fourth-order valence-corrected chi connectivity index (χ4v) is 3.56. The first-order chi connectivity index (χ1) is 11.5. The second-order valence-electron chi connectivity index (χ2n) is 6.16. The molecule has 2 aliphatic carbocycles. The molecule has 0 saturated heterocycles. The van der Waals surface area contributed by atoms with Crippen LogP contribution in [-0.2, 0) is 12.8 Å². The van der Waals surface area contributed by atoms with E-state index < -0.39 is 21.7 Å². The van der Waals surface area contributed by atoms with Gasteiger partial charge in [0.2, 0.25) is 21.7 Å². The molecule has 0 radical (unpaired) electrons. The van der Waals surface area contributed by atoms with Crippen LogP contribution < -0.4 is 21.7 Å². The highest BCUT2D eigenvalue weighted by Crippen LogP contribution is 2.35. The van der Waals surface area contributed by atoms with E-state index in [4.69, 9.17) is 0 Å². The molecule has 4 rings (SSSR count). The van der Waals surface area contributed by atoms with E-state index in [0.29, 0.717) is 24.0 Å². The molecule has 0 aromatic heterocycles. The molecule has 0 heterocycles. The van der Waals surface area contributed by atoms with E-state index in [9.17, 15) is 19.2 Å². The van der Waals surface area contributed by atoms with Crippen LogP contribution in [0.2, 0.25) is 0 Å². The molecule has 4 heteroatoms. The Morgan fingerprint density at radius 2 is 0.792 bits per heavy atom. The first kappa shape index (κ1) is 14.7. The standard InChI is InChI=1S/C20H14O4/c1-3-9-5-11-15-12(6-9)18(22)20(24)14-8-10(4-2)7-13(16(14)15)19(23)17(11)21/h5-8H,3-4H2,1-2H3. The molecular weight excluding hydrogens is 304 g/mol. The van der Waals surface area contributed by atoms with Gasteiger partial charge in [-0.2, -0.15) is 0 Å².